The fourth-order valence-electron chi connectivity index (χ4n) is 2.41. The minimum atomic E-state index is -3.74. The first kappa shape index (κ1) is 19.9. The van der Waals surface area contributed by atoms with Gasteiger partial charge in [0.05, 0.1) is 12.3 Å². The molecule has 3 aromatic rings. The van der Waals surface area contributed by atoms with Crippen LogP contribution in [-0.4, -0.2) is 25.0 Å². The summed E-state index contributed by atoms with van der Waals surface area (Å²) in [5.74, 6) is 0.324. The Kier molecular flexibility index (Phi) is 6.25. The summed E-state index contributed by atoms with van der Waals surface area (Å²) in [4.78, 5) is 9.58. The number of ether oxygens (including phenoxy) is 1. The number of sulfonamides is 1. The van der Waals surface area contributed by atoms with E-state index in [2.05, 4.69) is 30.6 Å². The highest BCUT2D eigenvalue weighted by atomic mass is 79.9. The highest BCUT2D eigenvalue weighted by Crippen LogP contribution is 2.30. The summed E-state index contributed by atoms with van der Waals surface area (Å²) in [5, 5.41) is 0.812. The van der Waals surface area contributed by atoms with Gasteiger partial charge in [-0.25, -0.2) is 18.1 Å². The van der Waals surface area contributed by atoms with Gasteiger partial charge in [0.2, 0.25) is 10.0 Å². The molecule has 0 bridgehead atoms. The molecule has 1 N–H and O–H groups in total. The Morgan fingerprint density at radius 3 is 2.81 bits per heavy atom. The maximum Gasteiger partial charge on any atom is 0.244 e. The molecule has 0 atom stereocenters. The van der Waals surface area contributed by atoms with Crippen molar-refractivity contribution in [2.45, 2.75) is 25.3 Å². The van der Waals surface area contributed by atoms with Crippen molar-refractivity contribution in [1.82, 2.24) is 14.7 Å². The number of thiazole rings is 1. The summed E-state index contributed by atoms with van der Waals surface area (Å²) < 4.78 is 34.4. The first-order valence-corrected chi connectivity index (χ1v) is 11.3. The van der Waals surface area contributed by atoms with Crippen LogP contribution >= 0.6 is 27.3 Å². The number of nitrogens with zero attached hydrogens (tertiary/aromatic N) is 2. The van der Waals surface area contributed by atoms with E-state index in [9.17, 15) is 8.42 Å². The Bertz CT molecular complexity index is 1040. The van der Waals surface area contributed by atoms with Crippen molar-refractivity contribution in [2.24, 2.45) is 0 Å². The molecule has 2 aromatic heterocycles. The predicted molar refractivity (Wildman–Crippen MR) is 109 cm³/mol. The average Bonchev–Trinajstić information content (AvgIpc) is 3.03. The van der Waals surface area contributed by atoms with Crippen LogP contribution in [0.2, 0.25) is 0 Å². The normalized spacial score (nSPS) is 11.5. The lowest BCUT2D eigenvalue weighted by atomic mass is 10.3. The largest absolute Gasteiger partial charge is 0.492 e. The van der Waals surface area contributed by atoms with E-state index in [-0.39, 0.29) is 11.4 Å². The van der Waals surface area contributed by atoms with E-state index in [4.69, 9.17) is 4.74 Å². The molecule has 1 aromatic carbocycles. The van der Waals surface area contributed by atoms with Crippen molar-refractivity contribution in [2.75, 3.05) is 6.61 Å². The average molecular weight is 468 g/mol. The third-order valence-corrected chi connectivity index (χ3v) is 6.84. The number of benzene rings is 1. The van der Waals surface area contributed by atoms with Crippen molar-refractivity contribution < 1.29 is 13.2 Å². The van der Waals surface area contributed by atoms with Crippen LogP contribution in [-0.2, 0) is 16.6 Å². The Balaban J connectivity index is 1.83. The summed E-state index contributed by atoms with van der Waals surface area (Å²) >= 11 is 4.76. The SMILES string of the molecule is CCOc1ccc(Br)cc1S(=O)(=O)NCc1sc(-c2cccnc2)nc1C. The smallest absolute Gasteiger partial charge is 0.244 e. The quantitative estimate of drug-likeness (QED) is 0.564. The number of aromatic nitrogens is 2. The van der Waals surface area contributed by atoms with Crippen LogP contribution in [0, 0.1) is 6.92 Å². The lowest BCUT2D eigenvalue weighted by Gasteiger charge is -2.12. The molecule has 0 aliphatic heterocycles. The number of nitrogens with one attached hydrogen (secondary N) is 1. The number of hydrogen-bond donors (Lipinski definition) is 1. The number of pyridine rings is 1. The van der Waals surface area contributed by atoms with Crippen molar-refractivity contribution >= 4 is 37.3 Å². The highest BCUT2D eigenvalue weighted by molar-refractivity contribution is 9.10. The maximum atomic E-state index is 12.8. The number of hydrogen-bond acceptors (Lipinski definition) is 6. The topological polar surface area (TPSA) is 81.2 Å². The van der Waals surface area contributed by atoms with Gasteiger partial charge >= 0.3 is 0 Å². The Hall–Kier alpha value is -1.81. The molecule has 0 saturated heterocycles. The molecular weight excluding hydrogens is 450 g/mol. The van der Waals surface area contributed by atoms with Crippen molar-refractivity contribution in [3.8, 4) is 16.3 Å². The third kappa shape index (κ3) is 4.73. The second-order valence-electron chi connectivity index (χ2n) is 5.62. The molecular formula is C18H18BrN3O3S2. The summed E-state index contributed by atoms with van der Waals surface area (Å²) in [6.07, 6.45) is 3.44. The van der Waals surface area contributed by atoms with Crippen LogP contribution < -0.4 is 9.46 Å². The van der Waals surface area contributed by atoms with Crippen LogP contribution in [0.25, 0.3) is 10.6 Å². The Morgan fingerprint density at radius 1 is 1.30 bits per heavy atom. The molecule has 9 heteroatoms. The van der Waals surface area contributed by atoms with E-state index in [0.717, 1.165) is 21.1 Å². The highest BCUT2D eigenvalue weighted by Gasteiger charge is 2.21. The molecule has 0 fully saturated rings. The van der Waals surface area contributed by atoms with E-state index in [0.29, 0.717) is 16.8 Å². The minimum absolute atomic E-state index is 0.105. The van der Waals surface area contributed by atoms with Gasteiger partial charge in [-0.15, -0.1) is 11.3 Å². The number of rotatable bonds is 7. The number of aryl methyl sites for hydroxylation is 1. The second kappa shape index (κ2) is 8.47. The molecule has 2 heterocycles. The van der Waals surface area contributed by atoms with Gasteiger partial charge < -0.3 is 4.74 Å². The zero-order valence-electron chi connectivity index (χ0n) is 14.8. The van der Waals surface area contributed by atoms with Crippen molar-refractivity contribution in [1.29, 1.82) is 0 Å². The van der Waals surface area contributed by atoms with Crippen LogP contribution in [0.15, 0.2) is 52.1 Å². The second-order valence-corrected chi connectivity index (χ2v) is 9.35. The Labute approximate surface area is 170 Å². The Morgan fingerprint density at radius 2 is 2.11 bits per heavy atom. The van der Waals surface area contributed by atoms with Gasteiger partial charge in [0.15, 0.2) is 0 Å². The summed E-state index contributed by atoms with van der Waals surface area (Å²) in [6.45, 7) is 4.22. The third-order valence-electron chi connectivity index (χ3n) is 3.72. The van der Waals surface area contributed by atoms with Crippen LogP contribution in [0.5, 0.6) is 5.75 Å². The standard InChI is InChI=1S/C18H18BrN3O3S2/c1-3-25-15-7-6-14(19)9-17(15)27(23,24)21-11-16-12(2)22-18(26-16)13-5-4-8-20-10-13/h4-10,21H,3,11H2,1-2H3. The molecule has 0 amide bonds. The van der Waals surface area contributed by atoms with Gasteiger partial charge in [0.25, 0.3) is 0 Å². The van der Waals surface area contributed by atoms with E-state index in [1.807, 2.05) is 26.0 Å². The van der Waals surface area contributed by atoms with E-state index in [1.165, 1.54) is 17.4 Å². The molecule has 0 spiro atoms. The zero-order chi connectivity index (χ0) is 19.4. The fraction of sp³-hybridized carbons (Fsp3) is 0.222. The lowest BCUT2D eigenvalue weighted by molar-refractivity contribution is 0.331. The van der Waals surface area contributed by atoms with Crippen LogP contribution in [0.3, 0.4) is 0 Å². The van der Waals surface area contributed by atoms with Gasteiger partial charge in [-0.05, 0) is 44.2 Å². The molecule has 3 rings (SSSR count). The molecule has 0 aliphatic rings. The van der Waals surface area contributed by atoms with Crippen molar-refractivity contribution in [3.63, 3.8) is 0 Å². The van der Waals surface area contributed by atoms with Crippen LogP contribution in [0.1, 0.15) is 17.5 Å². The fourth-order valence-corrected chi connectivity index (χ4v) is 5.17. The number of halogens is 1. The monoisotopic (exact) mass is 467 g/mol. The van der Waals surface area contributed by atoms with Gasteiger partial charge in [-0.3, -0.25) is 4.98 Å². The van der Waals surface area contributed by atoms with E-state index in [1.54, 1.807) is 24.5 Å². The zero-order valence-corrected chi connectivity index (χ0v) is 18.0. The van der Waals surface area contributed by atoms with Gasteiger partial charge in [0.1, 0.15) is 15.7 Å². The van der Waals surface area contributed by atoms with E-state index < -0.39 is 10.0 Å². The first-order chi connectivity index (χ1) is 12.9. The molecule has 0 unspecified atom stereocenters. The molecule has 0 radical (unpaired) electrons. The van der Waals surface area contributed by atoms with Crippen LogP contribution in [0.4, 0.5) is 0 Å². The summed E-state index contributed by atoms with van der Waals surface area (Å²) in [5.41, 5.74) is 1.70. The van der Waals surface area contributed by atoms with Gasteiger partial charge in [-0.2, -0.15) is 0 Å². The minimum Gasteiger partial charge on any atom is -0.492 e. The predicted octanol–water partition coefficient (Wildman–Crippen LogP) is 4.15. The molecule has 0 saturated carbocycles. The molecule has 142 valence electrons. The maximum absolute atomic E-state index is 12.8. The molecule has 6 nitrogen and oxygen atoms in total. The molecule has 27 heavy (non-hydrogen) atoms. The summed E-state index contributed by atoms with van der Waals surface area (Å²) in [6, 6.07) is 8.69. The molecule has 0 aliphatic carbocycles. The van der Waals surface area contributed by atoms with Gasteiger partial charge in [0, 0.05) is 33.9 Å². The van der Waals surface area contributed by atoms with Gasteiger partial charge in [-0.1, -0.05) is 15.9 Å². The summed E-state index contributed by atoms with van der Waals surface area (Å²) in [7, 11) is -3.74. The van der Waals surface area contributed by atoms with Crippen molar-refractivity contribution in [3.05, 3.63) is 57.8 Å². The first-order valence-electron chi connectivity index (χ1n) is 8.19. The lowest BCUT2D eigenvalue weighted by Crippen LogP contribution is -2.23. The van der Waals surface area contributed by atoms with E-state index >= 15 is 0 Å².